The summed E-state index contributed by atoms with van der Waals surface area (Å²) in [6.45, 7) is 0. The van der Waals surface area contributed by atoms with Crippen LogP contribution in [0.25, 0.3) is 0 Å². The van der Waals surface area contributed by atoms with Crippen molar-refractivity contribution < 1.29 is 10.3 Å². The van der Waals surface area contributed by atoms with Gasteiger partial charge in [-0.2, -0.15) is 0 Å². The van der Waals surface area contributed by atoms with Crippen molar-refractivity contribution in [3.63, 3.8) is 0 Å². The normalized spacial score (nSPS) is 42.8. The average Bonchev–Trinajstić information content (AvgIpc) is 2.02. The van der Waals surface area contributed by atoms with Crippen LogP contribution in [0.2, 0.25) is 0 Å². The number of carbonyl (C=O) groups is 1. The summed E-state index contributed by atoms with van der Waals surface area (Å²) >= 11 is 0. The smallest absolute Gasteiger partial charge is 0.132 e. The van der Waals surface area contributed by atoms with Gasteiger partial charge in [0, 0.05) is 18.2 Å². The molecule has 1 nitrogen and oxygen atoms in total. The summed E-state index contributed by atoms with van der Waals surface area (Å²) in [7, 11) is 0. The molecule has 0 bridgehead atoms. The van der Waals surface area contributed by atoms with Crippen molar-refractivity contribution in [2.45, 2.75) is 38.4 Å². The van der Waals surface area contributed by atoms with Gasteiger partial charge in [0.05, 0.1) is 0 Å². The summed E-state index contributed by atoms with van der Waals surface area (Å²) in [5, 5.41) is 0. The van der Waals surface area contributed by atoms with Crippen molar-refractivity contribution in [1.29, 1.82) is 0 Å². The van der Waals surface area contributed by atoms with Crippen LogP contribution >= 0.6 is 0 Å². The second kappa shape index (κ2) is 2.85. The molecule has 0 aromatic carbocycles. The van der Waals surface area contributed by atoms with E-state index in [1.807, 2.05) is 0 Å². The molecule has 1 rings (SSSR count). The van der Waals surface area contributed by atoms with Crippen LogP contribution in [-0.4, -0.2) is 5.78 Å². The third-order valence-corrected chi connectivity index (χ3v) is 1.17. The maximum absolute atomic E-state index is 11.2. The number of rotatable bonds is 0. The van der Waals surface area contributed by atoms with E-state index in [-0.39, 0.29) is 12.8 Å². The molecule has 0 aromatic heterocycles. The Labute approximate surface area is 55.7 Å². The highest BCUT2D eigenvalue weighted by Crippen LogP contribution is 2.12. The maximum Gasteiger partial charge on any atom is 0.132 e. The van der Waals surface area contributed by atoms with Crippen molar-refractivity contribution in [1.82, 2.24) is 0 Å². The fourth-order valence-corrected chi connectivity index (χ4v) is 0.716. The fraction of sp³-hybridized carbons (Fsp3) is 0.857. The Balaban J connectivity index is 2.89. The largest absolute Gasteiger partial charge is 0.300 e. The summed E-state index contributed by atoms with van der Waals surface area (Å²) in [5.41, 5.74) is 0. The minimum absolute atomic E-state index is 0.158. The Morgan fingerprint density at radius 3 is 2.12 bits per heavy atom. The van der Waals surface area contributed by atoms with E-state index < -0.39 is 18.5 Å². The van der Waals surface area contributed by atoms with E-state index in [9.17, 15) is 4.79 Å². The molecule has 46 valence electrons. The van der Waals surface area contributed by atoms with Crippen molar-refractivity contribution in [3.05, 3.63) is 0 Å². The number of carbonyl (C=O) groups excluding carboxylic acids is 1. The van der Waals surface area contributed by atoms with E-state index in [2.05, 4.69) is 0 Å². The number of hydrogen-bond acceptors (Lipinski definition) is 1. The minimum atomic E-state index is -1.96. The summed E-state index contributed by atoms with van der Waals surface area (Å²) in [5.74, 6) is -0.882. The third kappa shape index (κ3) is 1.65. The van der Waals surface area contributed by atoms with Crippen LogP contribution in [0, 0.1) is 0 Å². The lowest BCUT2D eigenvalue weighted by Gasteiger charge is -1.87. The molecule has 0 atom stereocenters. The van der Waals surface area contributed by atoms with Gasteiger partial charge in [0.15, 0.2) is 0 Å². The number of Topliss-reactive ketones (excluding diaryl/α,β-unsaturated/α-hetero) is 1. The third-order valence-electron chi connectivity index (χ3n) is 1.17. The zero-order valence-corrected chi connectivity index (χ0v) is 4.74. The first kappa shape index (κ1) is 2.51. The molecule has 1 heteroatoms. The Hall–Kier alpha value is -0.330. The molecule has 0 amide bonds. The summed E-state index contributed by atoms with van der Waals surface area (Å²) in [6.07, 6.45) is -2.41. The first-order valence-electron chi connectivity index (χ1n) is 4.91. The van der Waals surface area contributed by atoms with E-state index in [1.165, 1.54) is 0 Å². The molecule has 0 aliphatic heterocycles. The van der Waals surface area contributed by atoms with E-state index in [1.54, 1.807) is 0 Å². The average molecular weight is 116 g/mol. The van der Waals surface area contributed by atoms with Gasteiger partial charge in [0.25, 0.3) is 0 Å². The van der Waals surface area contributed by atoms with Gasteiger partial charge in [-0.25, -0.2) is 0 Å². The van der Waals surface area contributed by atoms with Crippen LogP contribution < -0.4 is 0 Å². The molecule has 0 N–H and O–H groups in total. The van der Waals surface area contributed by atoms with Gasteiger partial charge in [0.2, 0.25) is 0 Å². The Morgan fingerprint density at radius 2 is 1.62 bits per heavy atom. The number of ketones is 1. The lowest BCUT2D eigenvalue weighted by Crippen LogP contribution is -1.91. The highest BCUT2D eigenvalue weighted by Gasteiger charge is 2.04. The lowest BCUT2D eigenvalue weighted by atomic mass is 10.2. The Morgan fingerprint density at radius 1 is 1.12 bits per heavy atom. The van der Waals surface area contributed by atoms with E-state index in [0.29, 0.717) is 12.8 Å². The predicted molar refractivity (Wildman–Crippen MR) is 32.7 cm³/mol. The molecule has 0 aromatic rings. The van der Waals surface area contributed by atoms with Crippen LogP contribution in [-0.2, 0) is 4.79 Å². The topological polar surface area (TPSA) is 17.1 Å². The van der Waals surface area contributed by atoms with Crippen LogP contribution in [0.3, 0.4) is 0 Å². The van der Waals surface area contributed by atoms with E-state index in [4.69, 9.17) is 5.48 Å². The molecule has 0 spiro atoms. The van der Waals surface area contributed by atoms with Crippen LogP contribution in [0.5, 0.6) is 0 Å². The molecule has 1 saturated carbocycles. The van der Waals surface area contributed by atoms with Gasteiger partial charge in [-0.05, 0) is 12.8 Å². The highest BCUT2D eigenvalue weighted by atomic mass is 16.1. The second-order valence-electron chi connectivity index (χ2n) is 1.89. The first-order valence-corrected chi connectivity index (χ1v) is 2.91. The molecule has 0 unspecified atom stereocenters. The zero-order valence-electron chi connectivity index (χ0n) is 8.74. The monoisotopic (exact) mass is 116 g/mol. The lowest BCUT2D eigenvalue weighted by molar-refractivity contribution is -0.118. The van der Waals surface area contributed by atoms with Gasteiger partial charge < -0.3 is 0 Å². The minimum Gasteiger partial charge on any atom is -0.300 e. The predicted octanol–water partition coefficient (Wildman–Crippen LogP) is 1.91. The Bertz CT molecular complexity index is 180. The molecule has 0 heterocycles. The second-order valence-corrected chi connectivity index (χ2v) is 1.89. The van der Waals surface area contributed by atoms with Crippen molar-refractivity contribution in [2.75, 3.05) is 0 Å². The standard InChI is InChI=1S/C7H12O/c8-7-5-3-1-2-4-6-7/h1-6H2/i5D2,6D2. The molecule has 1 aliphatic rings. The zero-order chi connectivity index (χ0) is 9.41. The van der Waals surface area contributed by atoms with Crippen molar-refractivity contribution in [2.24, 2.45) is 0 Å². The molecule has 8 heavy (non-hydrogen) atoms. The first-order chi connectivity index (χ1) is 5.36. The molecule has 0 radical (unpaired) electrons. The maximum atomic E-state index is 11.2. The van der Waals surface area contributed by atoms with Crippen LogP contribution in [0.15, 0.2) is 0 Å². The van der Waals surface area contributed by atoms with Crippen LogP contribution in [0.1, 0.15) is 43.9 Å². The van der Waals surface area contributed by atoms with Gasteiger partial charge >= 0.3 is 0 Å². The van der Waals surface area contributed by atoms with Gasteiger partial charge in [-0.3, -0.25) is 4.79 Å². The highest BCUT2D eigenvalue weighted by molar-refractivity contribution is 5.78. The molecule has 1 aliphatic carbocycles. The van der Waals surface area contributed by atoms with Gasteiger partial charge in [-0.1, -0.05) is 12.8 Å². The van der Waals surface area contributed by atoms with Gasteiger partial charge in [0.1, 0.15) is 5.78 Å². The van der Waals surface area contributed by atoms with Crippen molar-refractivity contribution >= 4 is 5.78 Å². The van der Waals surface area contributed by atoms with Gasteiger partial charge in [-0.15, -0.1) is 0 Å². The van der Waals surface area contributed by atoms with Crippen LogP contribution in [0.4, 0.5) is 0 Å². The molecular formula is C7H12O. The summed E-state index contributed by atoms with van der Waals surface area (Å²) < 4.78 is 29.2. The molecular weight excluding hydrogens is 100 g/mol. The summed E-state index contributed by atoms with van der Waals surface area (Å²) in [6, 6.07) is 0. The fourth-order valence-electron chi connectivity index (χ4n) is 0.716. The quantitative estimate of drug-likeness (QED) is 0.442. The number of hydrogen-bond donors (Lipinski definition) is 0. The SMILES string of the molecule is [2H]C1([2H])CCCCC([2H])([2H])C1=O. The van der Waals surface area contributed by atoms with E-state index >= 15 is 0 Å². The molecule has 0 saturated heterocycles. The summed E-state index contributed by atoms with van der Waals surface area (Å²) in [4.78, 5) is 11.2. The van der Waals surface area contributed by atoms with E-state index in [0.717, 1.165) is 0 Å². The molecule has 1 fully saturated rings. The Kier molecular flexibility index (Phi) is 0.893. The van der Waals surface area contributed by atoms with Crippen molar-refractivity contribution in [3.8, 4) is 0 Å².